The summed E-state index contributed by atoms with van der Waals surface area (Å²) in [6, 6.07) is 79.5. The van der Waals surface area contributed by atoms with Crippen molar-refractivity contribution in [3.8, 4) is 44.5 Å². The maximum Gasteiger partial charge on any atom is 0.0775 e. The van der Waals surface area contributed by atoms with Gasteiger partial charge >= 0.3 is 0 Å². The van der Waals surface area contributed by atoms with Crippen molar-refractivity contribution in [1.82, 2.24) is 0 Å². The molecule has 0 spiro atoms. The largest absolute Gasteiger partial charge is 0.310 e. The fourth-order valence-corrected chi connectivity index (χ4v) is 15.7. The average molecular weight is 1100 g/mol. The molecule has 0 bridgehead atoms. The minimum absolute atomic E-state index is 1.13. The first-order valence-corrected chi connectivity index (χ1v) is 36.3. The Balaban J connectivity index is 1.14. The second-order valence-electron chi connectivity index (χ2n) is 25.5. The predicted octanol–water partition coefficient (Wildman–Crippen LogP) is 21.7. The second-order valence-corrected chi connectivity index (χ2v) is 35.6. The summed E-state index contributed by atoms with van der Waals surface area (Å²) >= 11 is 0. The molecule has 12 aromatic carbocycles. The highest BCUT2D eigenvalue weighted by Crippen LogP contribution is 2.50. The van der Waals surface area contributed by atoms with Gasteiger partial charge in [0.2, 0.25) is 0 Å². The summed E-state index contributed by atoms with van der Waals surface area (Å²) in [5, 5.41) is 10.3. The third-order valence-corrected chi connectivity index (χ3v) is 21.6. The first kappa shape index (κ1) is 54.3. The van der Waals surface area contributed by atoms with E-state index in [9.17, 15) is 0 Å². The van der Waals surface area contributed by atoms with E-state index < -0.39 is 16.1 Å². The molecule has 0 saturated carbocycles. The Bertz CT molecular complexity index is 3930. The standard InChI is InChI=1S/C78H76N2Si2/c1-49-19-15-20-50(2)73(49)59-43-60(74-51(3)21-16-22-52(74)4)46-65(45-59)79(63-31-35-67(36-32-63)81(9,10)11)71-41-29-57-28-40-70-72(42-30-58-27-39-69(71)77(57)78(58)70)80(64-33-37-68(38-34-64)82(12,13)14)66-47-61(75-53(5)23-17-24-54(75)6)44-62(48-66)76-55(7)25-18-26-56(76)8/h15-48H,1-14H3. The lowest BCUT2D eigenvalue weighted by Crippen LogP contribution is -2.37. The van der Waals surface area contributed by atoms with Gasteiger partial charge in [0.05, 0.1) is 27.5 Å². The molecule has 0 aliphatic heterocycles. The van der Waals surface area contributed by atoms with Gasteiger partial charge in [0, 0.05) is 33.5 Å². The Morgan fingerprint density at radius 2 is 0.512 bits per heavy atom. The van der Waals surface area contributed by atoms with Gasteiger partial charge in [-0.05, 0) is 239 Å². The number of nitrogens with zero attached hydrogens (tertiary/aromatic N) is 2. The molecule has 0 N–H and O–H groups in total. The highest BCUT2D eigenvalue weighted by molar-refractivity contribution is 6.89. The molecule has 0 amide bonds. The number of benzene rings is 12. The maximum atomic E-state index is 2.55. The summed E-state index contributed by atoms with van der Waals surface area (Å²) < 4.78 is 0. The number of anilines is 6. The molecule has 12 rings (SSSR count). The minimum Gasteiger partial charge on any atom is -0.310 e. The maximum absolute atomic E-state index is 2.55. The number of hydrogen-bond donors (Lipinski definition) is 0. The number of hydrogen-bond acceptors (Lipinski definition) is 2. The summed E-state index contributed by atoms with van der Waals surface area (Å²) in [6.07, 6.45) is 0. The van der Waals surface area contributed by atoms with Gasteiger partial charge in [-0.25, -0.2) is 0 Å². The summed E-state index contributed by atoms with van der Waals surface area (Å²) in [6.45, 7) is 32.7. The lowest BCUT2D eigenvalue weighted by atomic mass is 9.89. The smallest absolute Gasteiger partial charge is 0.0775 e. The molecule has 0 unspecified atom stereocenters. The van der Waals surface area contributed by atoms with Crippen molar-refractivity contribution < 1.29 is 0 Å². The fourth-order valence-electron chi connectivity index (χ4n) is 13.4. The van der Waals surface area contributed by atoms with E-state index in [1.54, 1.807) is 0 Å². The van der Waals surface area contributed by atoms with Crippen LogP contribution in [0.15, 0.2) is 206 Å². The minimum atomic E-state index is -1.62. The van der Waals surface area contributed by atoms with E-state index in [2.05, 4.69) is 311 Å². The van der Waals surface area contributed by atoms with E-state index in [-0.39, 0.29) is 0 Å². The van der Waals surface area contributed by atoms with Gasteiger partial charge in [-0.2, -0.15) is 0 Å². The van der Waals surface area contributed by atoms with E-state index in [1.807, 2.05) is 0 Å². The van der Waals surface area contributed by atoms with Crippen LogP contribution >= 0.6 is 0 Å². The van der Waals surface area contributed by atoms with Gasteiger partial charge in [0.15, 0.2) is 0 Å². The van der Waals surface area contributed by atoms with Crippen molar-refractivity contribution in [1.29, 1.82) is 0 Å². The molecule has 0 fully saturated rings. The normalized spacial score (nSPS) is 12.0. The summed E-state index contributed by atoms with van der Waals surface area (Å²) in [5.74, 6) is 0. The monoisotopic (exact) mass is 1100 g/mol. The zero-order valence-electron chi connectivity index (χ0n) is 50.5. The van der Waals surface area contributed by atoms with Gasteiger partial charge in [0.25, 0.3) is 0 Å². The average Bonchev–Trinajstić information content (AvgIpc) is 1.79. The van der Waals surface area contributed by atoms with Crippen molar-refractivity contribution in [2.75, 3.05) is 9.80 Å². The van der Waals surface area contributed by atoms with E-state index in [0.29, 0.717) is 0 Å². The van der Waals surface area contributed by atoms with Gasteiger partial charge in [-0.15, -0.1) is 0 Å². The molecule has 0 saturated heterocycles. The van der Waals surface area contributed by atoms with Gasteiger partial charge in [0.1, 0.15) is 0 Å². The molecular formula is C78H76N2Si2. The molecule has 0 aromatic heterocycles. The molecule has 2 nitrogen and oxygen atoms in total. The third kappa shape index (κ3) is 9.76. The van der Waals surface area contributed by atoms with Crippen molar-refractivity contribution in [2.45, 2.75) is 94.7 Å². The van der Waals surface area contributed by atoms with Crippen LogP contribution in [0.1, 0.15) is 44.5 Å². The molecule has 12 aromatic rings. The van der Waals surface area contributed by atoms with Crippen molar-refractivity contribution in [3.63, 3.8) is 0 Å². The molecule has 0 aliphatic carbocycles. The van der Waals surface area contributed by atoms with E-state index in [0.717, 1.165) is 34.1 Å². The van der Waals surface area contributed by atoms with Crippen molar-refractivity contribution >= 4 is 93.0 Å². The van der Waals surface area contributed by atoms with Crippen LogP contribution in [0.2, 0.25) is 39.3 Å². The Kier molecular flexibility index (Phi) is 13.9. The van der Waals surface area contributed by atoms with Crippen LogP contribution in [-0.4, -0.2) is 16.1 Å². The molecule has 82 heavy (non-hydrogen) atoms. The van der Waals surface area contributed by atoms with Crippen LogP contribution in [0.25, 0.3) is 76.8 Å². The molecule has 0 heterocycles. The van der Waals surface area contributed by atoms with Crippen LogP contribution in [0.4, 0.5) is 34.1 Å². The van der Waals surface area contributed by atoms with Gasteiger partial charge in [-0.3, -0.25) is 0 Å². The summed E-state index contributed by atoms with van der Waals surface area (Å²) in [4.78, 5) is 5.10. The predicted molar refractivity (Wildman–Crippen MR) is 365 cm³/mol. The Morgan fingerprint density at radius 3 is 0.768 bits per heavy atom. The first-order chi connectivity index (χ1) is 39.2. The van der Waals surface area contributed by atoms with Gasteiger partial charge in [-0.1, -0.05) is 183 Å². The van der Waals surface area contributed by atoms with Crippen molar-refractivity contribution in [3.05, 3.63) is 251 Å². The molecular weight excluding hydrogens is 1020 g/mol. The molecule has 4 heteroatoms. The molecule has 0 radical (unpaired) electrons. The zero-order chi connectivity index (χ0) is 57.5. The number of aryl methyl sites for hydroxylation is 8. The zero-order valence-corrected chi connectivity index (χ0v) is 52.5. The molecule has 0 atom stereocenters. The fraction of sp³-hybridized carbons (Fsp3) is 0.179. The highest BCUT2D eigenvalue weighted by Gasteiger charge is 2.27. The second kappa shape index (κ2) is 20.9. The Labute approximate surface area is 489 Å². The quantitative estimate of drug-likeness (QED) is 0.0889. The summed E-state index contributed by atoms with van der Waals surface area (Å²) in [7, 11) is -3.23. The lowest BCUT2D eigenvalue weighted by molar-refractivity contribution is 1.29. The van der Waals surface area contributed by atoms with E-state index in [4.69, 9.17) is 0 Å². The van der Waals surface area contributed by atoms with E-state index >= 15 is 0 Å². The van der Waals surface area contributed by atoms with Crippen LogP contribution < -0.4 is 20.2 Å². The van der Waals surface area contributed by atoms with Crippen LogP contribution in [0, 0.1) is 55.4 Å². The number of rotatable bonds is 12. The third-order valence-electron chi connectivity index (χ3n) is 17.5. The van der Waals surface area contributed by atoms with Crippen molar-refractivity contribution in [2.24, 2.45) is 0 Å². The lowest BCUT2D eigenvalue weighted by Gasteiger charge is -2.31. The van der Waals surface area contributed by atoms with E-state index in [1.165, 1.54) is 132 Å². The first-order valence-electron chi connectivity index (χ1n) is 29.3. The topological polar surface area (TPSA) is 6.48 Å². The van der Waals surface area contributed by atoms with Gasteiger partial charge < -0.3 is 9.80 Å². The Hall–Kier alpha value is -8.29. The molecule has 406 valence electrons. The summed E-state index contributed by atoms with van der Waals surface area (Å²) in [5.41, 5.74) is 27.0. The van der Waals surface area contributed by atoms with Crippen LogP contribution in [0.3, 0.4) is 0 Å². The van der Waals surface area contributed by atoms with Crippen LogP contribution in [-0.2, 0) is 0 Å². The van der Waals surface area contributed by atoms with Crippen LogP contribution in [0.5, 0.6) is 0 Å². The SMILES string of the molecule is Cc1cccc(C)c1-c1cc(-c2c(C)cccc2C)cc(N(c2ccc([Si](C)(C)C)cc2)c2ccc3ccc4c(N(c5ccc([Si](C)(C)C)cc5)c5cc(-c6c(C)cccc6C)cc(-c6c(C)cccc6C)c5)ccc5ccc2c3c54)c1. The molecule has 0 aliphatic rings. The highest BCUT2D eigenvalue weighted by atomic mass is 28.3. The Morgan fingerprint density at radius 1 is 0.256 bits per heavy atom.